The van der Waals surface area contributed by atoms with Gasteiger partial charge in [-0.15, -0.1) is 0 Å². The van der Waals surface area contributed by atoms with Crippen LogP contribution >= 0.6 is 0 Å². The highest BCUT2D eigenvalue weighted by Crippen LogP contribution is 2.41. The van der Waals surface area contributed by atoms with Crippen molar-refractivity contribution in [2.24, 2.45) is 5.92 Å². The Morgan fingerprint density at radius 2 is 1.13 bits per heavy atom. The van der Waals surface area contributed by atoms with Crippen LogP contribution in [0.15, 0.2) is 188 Å². The van der Waals surface area contributed by atoms with Crippen LogP contribution in [0.2, 0.25) is 0 Å². The molecule has 47 heavy (non-hydrogen) atoms. The highest BCUT2D eigenvalue weighted by atomic mass is 15.1. The van der Waals surface area contributed by atoms with Gasteiger partial charge in [-0.25, -0.2) is 0 Å². The van der Waals surface area contributed by atoms with Gasteiger partial charge in [0.2, 0.25) is 0 Å². The summed E-state index contributed by atoms with van der Waals surface area (Å²) in [5, 5.41) is 5.14. The zero-order chi connectivity index (χ0) is 31.4. The standard InChI is InChI=1S/C46H37N/c1-3-13-39(14-4-1)45(44-23-11-17-37-15-7-9-21-42(37)44)33-34-25-27-35(28-26-34)36-29-31-41(32-30-36)47(40-19-5-2-6-20-40)46-24-12-18-38-16-8-10-22-43(38)46/h1-25,27-32,34,45H,26,33H2. The smallest absolute Gasteiger partial charge is 0.0540 e. The van der Waals surface area contributed by atoms with Crippen LogP contribution in [0, 0.1) is 5.92 Å². The molecule has 0 spiro atoms. The average Bonchev–Trinajstić information content (AvgIpc) is 3.15. The van der Waals surface area contributed by atoms with Crippen molar-refractivity contribution < 1.29 is 0 Å². The molecule has 0 amide bonds. The van der Waals surface area contributed by atoms with Gasteiger partial charge < -0.3 is 4.90 Å². The zero-order valence-corrected chi connectivity index (χ0v) is 26.4. The average molecular weight is 604 g/mol. The molecule has 0 aromatic heterocycles. The molecule has 0 radical (unpaired) electrons. The molecule has 1 heteroatoms. The summed E-state index contributed by atoms with van der Waals surface area (Å²) < 4.78 is 0. The Morgan fingerprint density at radius 1 is 0.532 bits per heavy atom. The van der Waals surface area contributed by atoms with E-state index in [0.29, 0.717) is 11.8 Å². The fourth-order valence-corrected chi connectivity index (χ4v) is 7.25. The van der Waals surface area contributed by atoms with E-state index < -0.39 is 0 Å². The second-order valence-electron chi connectivity index (χ2n) is 12.5. The van der Waals surface area contributed by atoms with Crippen LogP contribution in [0.5, 0.6) is 0 Å². The van der Waals surface area contributed by atoms with Gasteiger partial charge >= 0.3 is 0 Å². The van der Waals surface area contributed by atoms with Crippen LogP contribution in [0.25, 0.3) is 27.1 Å². The van der Waals surface area contributed by atoms with E-state index in [1.54, 1.807) is 0 Å². The lowest BCUT2D eigenvalue weighted by Gasteiger charge is -2.27. The number of nitrogens with zero attached hydrogens (tertiary/aromatic N) is 1. The van der Waals surface area contributed by atoms with E-state index in [4.69, 9.17) is 0 Å². The van der Waals surface area contributed by atoms with E-state index in [-0.39, 0.29) is 0 Å². The molecule has 1 nitrogen and oxygen atoms in total. The number of para-hydroxylation sites is 1. The van der Waals surface area contributed by atoms with Crippen molar-refractivity contribution in [3.05, 3.63) is 205 Å². The van der Waals surface area contributed by atoms with Gasteiger partial charge in [0.05, 0.1) is 5.69 Å². The molecule has 2 atom stereocenters. The molecule has 0 heterocycles. The van der Waals surface area contributed by atoms with Gasteiger partial charge in [-0.05, 0) is 87.5 Å². The maximum Gasteiger partial charge on any atom is 0.0540 e. The zero-order valence-electron chi connectivity index (χ0n) is 26.4. The monoisotopic (exact) mass is 603 g/mol. The molecule has 0 fully saturated rings. The second-order valence-corrected chi connectivity index (χ2v) is 12.5. The lowest BCUT2D eigenvalue weighted by molar-refractivity contribution is 0.552. The van der Waals surface area contributed by atoms with Gasteiger partial charge in [0.25, 0.3) is 0 Å². The number of allylic oxidation sites excluding steroid dienone is 4. The molecule has 8 rings (SSSR count). The van der Waals surface area contributed by atoms with Crippen molar-refractivity contribution in [1.29, 1.82) is 0 Å². The first-order valence-electron chi connectivity index (χ1n) is 16.7. The summed E-state index contributed by atoms with van der Waals surface area (Å²) in [6, 6.07) is 61.5. The molecule has 2 unspecified atom stereocenters. The van der Waals surface area contributed by atoms with Crippen LogP contribution < -0.4 is 4.90 Å². The summed E-state index contributed by atoms with van der Waals surface area (Å²) in [5.74, 6) is 0.811. The molecule has 0 saturated heterocycles. The van der Waals surface area contributed by atoms with Crippen LogP contribution in [-0.2, 0) is 0 Å². The Hall–Kier alpha value is -5.66. The molecular weight excluding hydrogens is 567 g/mol. The molecule has 0 bridgehead atoms. The van der Waals surface area contributed by atoms with E-state index in [1.165, 1.54) is 49.5 Å². The summed E-state index contributed by atoms with van der Waals surface area (Å²) >= 11 is 0. The van der Waals surface area contributed by atoms with Gasteiger partial charge in [-0.3, -0.25) is 0 Å². The van der Waals surface area contributed by atoms with Crippen molar-refractivity contribution in [2.45, 2.75) is 18.8 Å². The van der Waals surface area contributed by atoms with Crippen molar-refractivity contribution in [1.82, 2.24) is 0 Å². The van der Waals surface area contributed by atoms with E-state index in [1.807, 2.05) is 0 Å². The maximum absolute atomic E-state index is 2.44. The Balaban J connectivity index is 1.06. The first kappa shape index (κ1) is 28.8. The molecule has 7 aromatic rings. The Morgan fingerprint density at radius 3 is 1.85 bits per heavy atom. The molecule has 0 aliphatic heterocycles. The van der Waals surface area contributed by atoms with E-state index in [0.717, 1.165) is 24.2 Å². The molecule has 226 valence electrons. The molecule has 1 aliphatic rings. The Bertz CT molecular complexity index is 2180. The van der Waals surface area contributed by atoms with E-state index in [2.05, 4.69) is 193 Å². The molecule has 0 saturated carbocycles. The van der Waals surface area contributed by atoms with Gasteiger partial charge in [0.15, 0.2) is 0 Å². The fourth-order valence-electron chi connectivity index (χ4n) is 7.25. The van der Waals surface area contributed by atoms with Crippen molar-refractivity contribution in [2.75, 3.05) is 4.90 Å². The Labute approximate surface area is 277 Å². The highest BCUT2D eigenvalue weighted by Gasteiger charge is 2.22. The predicted octanol–water partition coefficient (Wildman–Crippen LogP) is 12.6. The number of anilines is 3. The highest BCUT2D eigenvalue weighted by molar-refractivity contribution is 5.99. The second kappa shape index (κ2) is 13.0. The maximum atomic E-state index is 2.44. The third kappa shape index (κ3) is 5.89. The summed E-state index contributed by atoms with van der Waals surface area (Å²) in [6.07, 6.45) is 9.33. The SMILES string of the molecule is C1=CC(CC(c2ccccc2)c2cccc3ccccc23)CC=C1c1ccc(N(c2ccccc2)c2cccc3ccccc23)cc1. The quantitative estimate of drug-likeness (QED) is 0.167. The topological polar surface area (TPSA) is 3.24 Å². The van der Waals surface area contributed by atoms with Crippen molar-refractivity contribution >= 4 is 44.2 Å². The molecule has 1 aliphatic carbocycles. The lowest BCUT2D eigenvalue weighted by atomic mass is 9.79. The van der Waals surface area contributed by atoms with E-state index in [9.17, 15) is 0 Å². The van der Waals surface area contributed by atoms with Gasteiger partial charge in [-0.1, -0.05) is 158 Å². The number of hydrogen-bond acceptors (Lipinski definition) is 1. The van der Waals surface area contributed by atoms with E-state index >= 15 is 0 Å². The van der Waals surface area contributed by atoms with Crippen molar-refractivity contribution in [3.63, 3.8) is 0 Å². The largest absolute Gasteiger partial charge is 0.310 e. The fraction of sp³-hybridized carbons (Fsp3) is 0.0870. The molecular formula is C46H37N. The van der Waals surface area contributed by atoms with Crippen LogP contribution in [0.1, 0.15) is 35.4 Å². The lowest BCUT2D eigenvalue weighted by Crippen LogP contribution is -2.10. The van der Waals surface area contributed by atoms with Crippen LogP contribution in [0.3, 0.4) is 0 Å². The minimum atomic E-state index is 0.337. The first-order valence-corrected chi connectivity index (χ1v) is 16.7. The third-order valence-electron chi connectivity index (χ3n) is 9.61. The first-order chi connectivity index (χ1) is 23.3. The summed E-state index contributed by atoms with van der Waals surface area (Å²) in [6.45, 7) is 0. The number of benzene rings is 7. The van der Waals surface area contributed by atoms with Gasteiger partial charge in [0, 0.05) is 22.7 Å². The van der Waals surface area contributed by atoms with Crippen LogP contribution in [-0.4, -0.2) is 0 Å². The minimum absolute atomic E-state index is 0.337. The van der Waals surface area contributed by atoms with Gasteiger partial charge in [-0.2, -0.15) is 0 Å². The number of fused-ring (bicyclic) bond motifs is 2. The Kier molecular flexibility index (Phi) is 7.95. The third-order valence-corrected chi connectivity index (χ3v) is 9.61. The summed E-state index contributed by atoms with van der Waals surface area (Å²) in [5.41, 5.74) is 8.83. The van der Waals surface area contributed by atoms with Gasteiger partial charge in [0.1, 0.15) is 0 Å². The number of hydrogen-bond donors (Lipinski definition) is 0. The van der Waals surface area contributed by atoms with Crippen molar-refractivity contribution in [3.8, 4) is 0 Å². The molecule has 0 N–H and O–H groups in total. The minimum Gasteiger partial charge on any atom is -0.310 e. The van der Waals surface area contributed by atoms with Crippen LogP contribution in [0.4, 0.5) is 17.1 Å². The summed E-state index contributed by atoms with van der Waals surface area (Å²) in [4.78, 5) is 2.37. The normalized spacial score (nSPS) is 15.0. The molecule has 7 aromatic carbocycles. The summed E-state index contributed by atoms with van der Waals surface area (Å²) in [7, 11) is 0. The number of rotatable bonds is 8. The predicted molar refractivity (Wildman–Crippen MR) is 201 cm³/mol.